The number of carbonyl (C=O) groups is 1. The molecule has 0 bridgehead atoms. The molecule has 1 N–H and O–H groups in total. The van der Waals surface area contributed by atoms with E-state index in [9.17, 15) is 4.79 Å². The summed E-state index contributed by atoms with van der Waals surface area (Å²) in [6.07, 6.45) is 4.48. The highest BCUT2D eigenvalue weighted by molar-refractivity contribution is 7.15. The van der Waals surface area contributed by atoms with Crippen molar-refractivity contribution >= 4 is 22.5 Å². The molecule has 2 aliphatic rings. The molecule has 0 saturated heterocycles. The van der Waals surface area contributed by atoms with Crippen molar-refractivity contribution in [3.8, 4) is 0 Å². The topological polar surface area (TPSA) is 71.3 Å². The highest BCUT2D eigenvalue weighted by atomic mass is 32.1. The van der Waals surface area contributed by atoms with E-state index in [0.29, 0.717) is 23.6 Å². The van der Waals surface area contributed by atoms with Gasteiger partial charge in [0.15, 0.2) is 0 Å². The Morgan fingerprint density at radius 3 is 2.82 bits per heavy atom. The van der Waals surface area contributed by atoms with Crippen LogP contribution >= 0.6 is 11.3 Å². The van der Waals surface area contributed by atoms with Crippen molar-refractivity contribution in [2.75, 3.05) is 5.32 Å². The summed E-state index contributed by atoms with van der Waals surface area (Å²) >= 11 is 1.49. The van der Waals surface area contributed by atoms with Gasteiger partial charge in [-0.2, -0.15) is 0 Å². The average molecular weight is 318 g/mol. The van der Waals surface area contributed by atoms with E-state index in [1.54, 1.807) is 0 Å². The number of urea groups is 1. The van der Waals surface area contributed by atoms with Gasteiger partial charge in [0.2, 0.25) is 5.13 Å². The van der Waals surface area contributed by atoms with E-state index >= 15 is 0 Å². The summed E-state index contributed by atoms with van der Waals surface area (Å²) < 4.78 is 5.59. The second kappa shape index (κ2) is 5.39. The number of aromatic nitrogens is 2. The first kappa shape index (κ1) is 13.8. The van der Waals surface area contributed by atoms with Crippen molar-refractivity contribution in [2.24, 2.45) is 0 Å². The minimum Gasteiger partial charge on any atom is -0.464 e. The van der Waals surface area contributed by atoms with Crippen LogP contribution in [-0.4, -0.2) is 27.2 Å². The first-order chi connectivity index (χ1) is 10.7. The highest BCUT2D eigenvalue weighted by Crippen LogP contribution is 2.42. The molecule has 2 heterocycles. The van der Waals surface area contributed by atoms with Crippen LogP contribution in [0.4, 0.5) is 9.93 Å². The number of nitrogens with zero attached hydrogens (tertiary/aromatic N) is 3. The average Bonchev–Trinajstić information content (AvgIpc) is 3.42. The van der Waals surface area contributed by atoms with Gasteiger partial charge in [-0.05, 0) is 44.7 Å². The van der Waals surface area contributed by atoms with Crippen molar-refractivity contribution < 1.29 is 9.21 Å². The van der Waals surface area contributed by atoms with Gasteiger partial charge in [-0.15, -0.1) is 10.2 Å². The minimum atomic E-state index is -0.116. The Morgan fingerprint density at radius 2 is 2.18 bits per heavy atom. The van der Waals surface area contributed by atoms with Crippen LogP contribution in [0.15, 0.2) is 16.5 Å². The zero-order valence-electron chi connectivity index (χ0n) is 12.4. The van der Waals surface area contributed by atoms with E-state index in [1.165, 1.54) is 24.2 Å². The highest BCUT2D eigenvalue weighted by Gasteiger charge is 2.34. The van der Waals surface area contributed by atoms with E-state index in [1.807, 2.05) is 24.0 Å². The normalized spacial score (nSPS) is 17.5. The van der Waals surface area contributed by atoms with Gasteiger partial charge in [0.05, 0.1) is 6.54 Å². The lowest BCUT2D eigenvalue weighted by Gasteiger charge is -2.20. The molecule has 2 aliphatic carbocycles. The lowest BCUT2D eigenvalue weighted by atomic mass is 10.4. The molecule has 2 amide bonds. The van der Waals surface area contributed by atoms with Crippen LogP contribution in [-0.2, 0) is 6.54 Å². The van der Waals surface area contributed by atoms with E-state index in [0.717, 1.165) is 29.4 Å². The number of carbonyl (C=O) groups excluding carboxylic acids is 1. The fourth-order valence-electron chi connectivity index (χ4n) is 2.43. The smallest absolute Gasteiger partial charge is 0.324 e. The summed E-state index contributed by atoms with van der Waals surface area (Å²) in [7, 11) is 0. The molecule has 116 valence electrons. The monoisotopic (exact) mass is 318 g/mol. The molecule has 0 aromatic carbocycles. The summed E-state index contributed by atoms with van der Waals surface area (Å²) in [5.74, 6) is 2.24. The van der Waals surface area contributed by atoms with Gasteiger partial charge < -0.3 is 9.32 Å². The lowest BCUT2D eigenvalue weighted by molar-refractivity contribution is 0.200. The summed E-state index contributed by atoms with van der Waals surface area (Å²) in [6, 6.07) is 4.04. The molecular weight excluding hydrogens is 300 g/mol. The maximum atomic E-state index is 12.5. The third-order valence-electron chi connectivity index (χ3n) is 3.95. The number of rotatable bonds is 5. The summed E-state index contributed by atoms with van der Waals surface area (Å²) in [5.41, 5.74) is 0. The Kier molecular flexibility index (Phi) is 3.37. The molecule has 0 atom stereocenters. The molecule has 4 rings (SSSR count). The van der Waals surface area contributed by atoms with Crippen LogP contribution in [0, 0.1) is 6.92 Å². The van der Waals surface area contributed by atoms with Crippen LogP contribution in [0.25, 0.3) is 0 Å². The van der Waals surface area contributed by atoms with Crippen molar-refractivity contribution in [3.63, 3.8) is 0 Å². The number of nitrogens with one attached hydrogen (secondary N) is 1. The van der Waals surface area contributed by atoms with Crippen LogP contribution in [0.5, 0.6) is 0 Å². The second-order valence-electron chi connectivity index (χ2n) is 6.02. The molecule has 22 heavy (non-hydrogen) atoms. The van der Waals surface area contributed by atoms with Gasteiger partial charge in [0.1, 0.15) is 16.5 Å². The molecule has 6 nitrogen and oxygen atoms in total. The molecule has 0 spiro atoms. The van der Waals surface area contributed by atoms with Gasteiger partial charge in [-0.3, -0.25) is 5.32 Å². The Labute approximate surface area is 132 Å². The lowest BCUT2D eigenvalue weighted by Crippen LogP contribution is -2.36. The van der Waals surface area contributed by atoms with Gasteiger partial charge in [-0.1, -0.05) is 11.3 Å². The summed E-state index contributed by atoms with van der Waals surface area (Å²) in [6.45, 7) is 2.41. The van der Waals surface area contributed by atoms with Crippen LogP contribution in [0.2, 0.25) is 0 Å². The predicted molar refractivity (Wildman–Crippen MR) is 82.9 cm³/mol. The number of hydrogen-bond donors (Lipinski definition) is 1. The van der Waals surface area contributed by atoms with Crippen LogP contribution < -0.4 is 5.32 Å². The van der Waals surface area contributed by atoms with Gasteiger partial charge in [-0.25, -0.2) is 4.79 Å². The number of aryl methyl sites for hydroxylation is 1. The van der Waals surface area contributed by atoms with Gasteiger partial charge in [0, 0.05) is 12.0 Å². The molecule has 0 unspecified atom stereocenters. The zero-order chi connectivity index (χ0) is 15.1. The van der Waals surface area contributed by atoms with Crippen molar-refractivity contribution in [3.05, 3.63) is 28.7 Å². The largest absolute Gasteiger partial charge is 0.464 e. The molecule has 0 aliphatic heterocycles. The third kappa shape index (κ3) is 2.99. The van der Waals surface area contributed by atoms with E-state index in [4.69, 9.17) is 4.42 Å². The van der Waals surface area contributed by atoms with Gasteiger partial charge in [0.25, 0.3) is 0 Å². The number of amides is 2. The van der Waals surface area contributed by atoms with Crippen molar-refractivity contribution in [1.29, 1.82) is 0 Å². The summed E-state index contributed by atoms with van der Waals surface area (Å²) in [5, 5.41) is 12.7. The fraction of sp³-hybridized carbons (Fsp3) is 0.533. The molecule has 2 aromatic rings. The van der Waals surface area contributed by atoms with Crippen LogP contribution in [0.3, 0.4) is 0 Å². The maximum Gasteiger partial charge on any atom is 0.324 e. The van der Waals surface area contributed by atoms with E-state index in [2.05, 4.69) is 15.5 Å². The zero-order valence-corrected chi connectivity index (χ0v) is 13.2. The number of anilines is 1. The molecule has 2 aromatic heterocycles. The fourth-order valence-corrected chi connectivity index (χ4v) is 3.34. The molecule has 7 heteroatoms. The molecule has 2 fully saturated rings. The number of furan rings is 1. The van der Waals surface area contributed by atoms with E-state index < -0.39 is 0 Å². The SMILES string of the molecule is Cc1ccc(CN(C(=O)Nc2nnc(C3CC3)s2)C2CC2)o1. The Balaban J connectivity index is 1.43. The van der Waals surface area contributed by atoms with E-state index in [-0.39, 0.29) is 6.03 Å². The van der Waals surface area contributed by atoms with Crippen molar-refractivity contribution in [1.82, 2.24) is 15.1 Å². The Hall–Kier alpha value is -1.89. The van der Waals surface area contributed by atoms with Crippen molar-refractivity contribution in [2.45, 2.75) is 51.1 Å². The quantitative estimate of drug-likeness (QED) is 0.915. The maximum absolute atomic E-state index is 12.5. The molecular formula is C15H18N4O2S. The first-order valence-corrected chi connectivity index (χ1v) is 8.47. The predicted octanol–water partition coefficient (Wildman–Crippen LogP) is 3.51. The minimum absolute atomic E-state index is 0.116. The number of hydrogen-bond acceptors (Lipinski definition) is 5. The summed E-state index contributed by atoms with van der Waals surface area (Å²) in [4.78, 5) is 14.3. The van der Waals surface area contributed by atoms with Gasteiger partial charge >= 0.3 is 6.03 Å². The Bertz CT molecular complexity index is 687. The Morgan fingerprint density at radius 1 is 1.36 bits per heavy atom. The van der Waals surface area contributed by atoms with Crippen LogP contribution in [0.1, 0.15) is 48.1 Å². The second-order valence-corrected chi connectivity index (χ2v) is 7.03. The molecule has 2 saturated carbocycles. The third-order valence-corrected chi connectivity index (χ3v) is 4.95. The first-order valence-electron chi connectivity index (χ1n) is 7.65. The molecule has 0 radical (unpaired) electrons. The standard InChI is InChI=1S/C15H18N4O2S/c1-9-2-7-12(21-9)8-19(11-5-6-11)15(20)16-14-18-17-13(22-14)10-3-4-10/h2,7,10-11H,3-6,8H2,1H3,(H,16,18,20).